The molecule has 2 aromatic rings. The summed E-state index contributed by atoms with van der Waals surface area (Å²) in [5.74, 6) is 1.48. The molecule has 0 saturated carbocycles. The minimum absolute atomic E-state index is 0.0306. The van der Waals surface area contributed by atoms with Crippen LogP contribution < -0.4 is 9.47 Å². The van der Waals surface area contributed by atoms with Crippen molar-refractivity contribution >= 4 is 10.1 Å². The summed E-state index contributed by atoms with van der Waals surface area (Å²) >= 11 is 0. The van der Waals surface area contributed by atoms with Gasteiger partial charge in [-0.1, -0.05) is 24.3 Å². The number of hydrogen-bond acceptors (Lipinski definition) is 5. The van der Waals surface area contributed by atoms with E-state index in [4.69, 9.17) is 13.7 Å². The van der Waals surface area contributed by atoms with Crippen molar-refractivity contribution in [2.75, 3.05) is 27.1 Å². The molecule has 24 heavy (non-hydrogen) atoms. The molecule has 130 valence electrons. The van der Waals surface area contributed by atoms with Gasteiger partial charge in [0.1, 0.15) is 11.5 Å². The predicted molar refractivity (Wildman–Crippen MR) is 93.2 cm³/mol. The van der Waals surface area contributed by atoms with Gasteiger partial charge in [0.05, 0.1) is 27.1 Å². The van der Waals surface area contributed by atoms with Crippen LogP contribution in [-0.4, -0.2) is 35.5 Å². The maximum Gasteiger partial charge on any atom is 0.264 e. The lowest BCUT2D eigenvalue weighted by Crippen LogP contribution is -2.10. The van der Waals surface area contributed by atoms with E-state index in [1.165, 1.54) is 0 Å². The quantitative estimate of drug-likeness (QED) is 0.684. The second kappa shape index (κ2) is 8.17. The van der Waals surface area contributed by atoms with Gasteiger partial charge in [0.25, 0.3) is 10.1 Å². The zero-order chi connectivity index (χ0) is 17.6. The fourth-order valence-electron chi connectivity index (χ4n) is 2.56. The third kappa shape index (κ3) is 5.25. The molecule has 0 unspecified atom stereocenters. The van der Waals surface area contributed by atoms with Gasteiger partial charge in [-0.25, -0.2) is 0 Å². The highest BCUT2D eigenvalue weighted by Crippen LogP contribution is 2.32. The van der Waals surface area contributed by atoms with E-state index in [9.17, 15) is 8.42 Å². The Labute approximate surface area is 143 Å². The summed E-state index contributed by atoms with van der Waals surface area (Å²) < 4.78 is 38.0. The summed E-state index contributed by atoms with van der Waals surface area (Å²) in [5.41, 5.74) is 2.06. The van der Waals surface area contributed by atoms with E-state index >= 15 is 0 Å². The molecule has 0 saturated heterocycles. The highest BCUT2D eigenvalue weighted by molar-refractivity contribution is 7.85. The Balaban J connectivity index is 2.32. The van der Waals surface area contributed by atoms with Crippen LogP contribution in [-0.2, 0) is 14.3 Å². The molecule has 0 heterocycles. The second-order valence-electron chi connectivity index (χ2n) is 5.42. The second-order valence-corrected chi connectivity index (χ2v) is 7.06. The normalized spacial score (nSPS) is 11.5. The molecule has 0 fully saturated rings. The molecule has 0 aliphatic carbocycles. The minimum Gasteiger partial charge on any atom is -0.497 e. The van der Waals surface area contributed by atoms with E-state index in [-0.39, 0.29) is 12.5 Å². The summed E-state index contributed by atoms with van der Waals surface area (Å²) in [4.78, 5) is 0. The third-order valence-electron chi connectivity index (χ3n) is 3.70. The standard InChI is InChI=1S/C18H22O5S/c1-21-16-8-4-6-14(12-16)18(10-11-23-24(3,19)20)15-7-5-9-17(13-15)22-2/h4-9,12-13,18H,10-11H2,1-3H3. The first-order valence-electron chi connectivity index (χ1n) is 7.55. The largest absolute Gasteiger partial charge is 0.497 e. The topological polar surface area (TPSA) is 61.8 Å². The van der Waals surface area contributed by atoms with Crippen LogP contribution in [0.5, 0.6) is 11.5 Å². The van der Waals surface area contributed by atoms with Gasteiger partial charge in [0, 0.05) is 5.92 Å². The summed E-state index contributed by atoms with van der Waals surface area (Å²) in [7, 11) is -0.224. The first kappa shape index (κ1) is 18.3. The van der Waals surface area contributed by atoms with Crippen molar-refractivity contribution in [1.29, 1.82) is 0 Å². The van der Waals surface area contributed by atoms with E-state index in [0.29, 0.717) is 6.42 Å². The molecule has 0 spiro atoms. The fourth-order valence-corrected chi connectivity index (χ4v) is 2.96. The van der Waals surface area contributed by atoms with Crippen molar-refractivity contribution in [3.05, 3.63) is 59.7 Å². The Hall–Kier alpha value is -2.05. The number of ether oxygens (including phenoxy) is 2. The molecular formula is C18H22O5S. The number of methoxy groups -OCH3 is 2. The number of benzene rings is 2. The molecule has 0 amide bonds. The molecule has 0 radical (unpaired) electrons. The molecule has 2 aromatic carbocycles. The Bertz CT molecular complexity index is 723. The molecule has 6 heteroatoms. The minimum atomic E-state index is -3.46. The van der Waals surface area contributed by atoms with Gasteiger partial charge in [-0.05, 0) is 41.8 Å². The first-order valence-corrected chi connectivity index (χ1v) is 9.37. The zero-order valence-corrected chi connectivity index (χ0v) is 14.9. The summed E-state index contributed by atoms with van der Waals surface area (Å²) in [6, 6.07) is 15.5. The molecule has 5 nitrogen and oxygen atoms in total. The van der Waals surface area contributed by atoms with Gasteiger partial charge in [0.2, 0.25) is 0 Å². The molecule has 0 aromatic heterocycles. The van der Waals surface area contributed by atoms with Crippen molar-refractivity contribution in [2.45, 2.75) is 12.3 Å². The molecule has 2 rings (SSSR count). The Morgan fingerprint density at radius 1 is 0.917 bits per heavy atom. The van der Waals surface area contributed by atoms with Gasteiger partial charge in [0.15, 0.2) is 0 Å². The van der Waals surface area contributed by atoms with Gasteiger partial charge >= 0.3 is 0 Å². The average molecular weight is 350 g/mol. The SMILES string of the molecule is COc1cccc(C(CCOS(C)(=O)=O)c2cccc(OC)c2)c1. The van der Waals surface area contributed by atoms with E-state index in [2.05, 4.69) is 0 Å². The highest BCUT2D eigenvalue weighted by Gasteiger charge is 2.17. The zero-order valence-electron chi connectivity index (χ0n) is 14.1. The maximum absolute atomic E-state index is 11.2. The van der Waals surface area contributed by atoms with Gasteiger partial charge in [-0.2, -0.15) is 8.42 Å². The van der Waals surface area contributed by atoms with Crippen LogP contribution in [0.25, 0.3) is 0 Å². The lowest BCUT2D eigenvalue weighted by molar-refractivity contribution is 0.309. The van der Waals surface area contributed by atoms with Crippen LogP contribution in [0.4, 0.5) is 0 Å². The third-order valence-corrected chi connectivity index (χ3v) is 4.29. The summed E-state index contributed by atoms with van der Waals surface area (Å²) in [5, 5.41) is 0. The van der Waals surface area contributed by atoms with Crippen molar-refractivity contribution in [1.82, 2.24) is 0 Å². The van der Waals surface area contributed by atoms with Crippen molar-refractivity contribution < 1.29 is 22.1 Å². The van der Waals surface area contributed by atoms with Gasteiger partial charge in [-0.15, -0.1) is 0 Å². The van der Waals surface area contributed by atoms with Crippen molar-refractivity contribution in [3.63, 3.8) is 0 Å². The van der Waals surface area contributed by atoms with Crippen LogP contribution >= 0.6 is 0 Å². The lowest BCUT2D eigenvalue weighted by atomic mass is 9.88. The molecule has 0 bridgehead atoms. The van der Waals surface area contributed by atoms with Crippen LogP contribution in [0.2, 0.25) is 0 Å². The van der Waals surface area contributed by atoms with Crippen molar-refractivity contribution in [3.8, 4) is 11.5 Å². The average Bonchev–Trinajstić information content (AvgIpc) is 2.58. The summed E-state index contributed by atoms with van der Waals surface area (Å²) in [6.07, 6.45) is 1.58. The Morgan fingerprint density at radius 3 is 1.83 bits per heavy atom. The number of hydrogen-bond donors (Lipinski definition) is 0. The van der Waals surface area contributed by atoms with Gasteiger partial charge in [-0.3, -0.25) is 4.18 Å². The van der Waals surface area contributed by atoms with E-state index in [0.717, 1.165) is 28.9 Å². The van der Waals surface area contributed by atoms with Crippen LogP contribution in [0.3, 0.4) is 0 Å². The Kier molecular flexibility index (Phi) is 6.23. The van der Waals surface area contributed by atoms with Gasteiger partial charge < -0.3 is 9.47 Å². The monoisotopic (exact) mass is 350 g/mol. The van der Waals surface area contributed by atoms with Crippen molar-refractivity contribution in [2.24, 2.45) is 0 Å². The highest BCUT2D eigenvalue weighted by atomic mass is 32.2. The lowest BCUT2D eigenvalue weighted by Gasteiger charge is -2.19. The maximum atomic E-state index is 11.2. The first-order chi connectivity index (χ1) is 11.4. The molecule has 0 N–H and O–H groups in total. The Morgan fingerprint density at radius 2 is 1.42 bits per heavy atom. The molecule has 0 atom stereocenters. The van der Waals surface area contributed by atoms with Crippen LogP contribution in [0.1, 0.15) is 23.5 Å². The summed E-state index contributed by atoms with van der Waals surface area (Å²) in [6.45, 7) is 0.109. The predicted octanol–water partition coefficient (Wildman–Crippen LogP) is 3.20. The molecular weight excluding hydrogens is 328 g/mol. The molecule has 0 aliphatic rings. The van der Waals surface area contributed by atoms with E-state index in [1.54, 1.807) is 14.2 Å². The van der Waals surface area contributed by atoms with E-state index < -0.39 is 10.1 Å². The fraction of sp³-hybridized carbons (Fsp3) is 0.333. The smallest absolute Gasteiger partial charge is 0.264 e. The number of rotatable bonds is 8. The molecule has 0 aliphatic heterocycles. The van der Waals surface area contributed by atoms with E-state index in [1.807, 2.05) is 48.5 Å². The van der Waals surface area contributed by atoms with Crippen LogP contribution in [0.15, 0.2) is 48.5 Å². The van der Waals surface area contributed by atoms with Crippen LogP contribution in [0, 0.1) is 0 Å².